The molecule has 0 aliphatic rings. The molecule has 0 saturated carbocycles. The minimum Gasteiger partial charge on any atom is -1.00 e. The average Bonchev–Trinajstić information content (AvgIpc) is 1.35. The molecule has 0 heterocycles. The third-order valence-corrected chi connectivity index (χ3v) is 0.270. The molecule has 4 nitrogen and oxygen atoms in total. The van der Waals surface area contributed by atoms with Crippen molar-refractivity contribution in [3.63, 3.8) is 0 Å². The first-order chi connectivity index (χ1) is 2.56. The maximum absolute atomic E-state index is 10.2. The molecule has 0 aromatic carbocycles. The van der Waals surface area contributed by atoms with Gasteiger partial charge in [-0.05, 0) is 4.53 Å². The van der Waals surface area contributed by atoms with Gasteiger partial charge >= 0.3 is 26.7 Å². The van der Waals surface area contributed by atoms with Crippen LogP contribution in [0, 0.1) is 0 Å². The van der Waals surface area contributed by atoms with Crippen LogP contribution in [0.5, 0.6) is 0 Å². The molecule has 1 radical (unpaired) electrons. The zero-order valence-electron chi connectivity index (χ0n) is 4.98. The first-order valence-electron chi connectivity index (χ1n) is 0.919. The van der Waals surface area contributed by atoms with E-state index in [0.717, 1.165) is 0 Å². The first-order valence-corrected chi connectivity index (χ1v) is 2.45. The fraction of sp³-hybridized carbons (Fsp3) is 0. The van der Waals surface area contributed by atoms with E-state index < -0.39 is 7.82 Å². The number of hydrogen-bond donors (Lipinski definition) is 2. The van der Waals surface area contributed by atoms with Gasteiger partial charge in [0.05, 0.1) is 0 Å². The van der Waals surface area contributed by atoms with Crippen molar-refractivity contribution in [2.45, 2.75) is 0 Å². The second kappa shape index (κ2) is 9.75. The quantitative estimate of drug-likeness (QED) is 0.337. The SMILES string of the molecule is O=P(O)(O)OF.[AlH3].[H-].[Li+].[V]. The molecule has 0 atom stereocenters. The monoisotopic (exact) mass is 205 g/mol. The van der Waals surface area contributed by atoms with Crippen LogP contribution in [0.3, 0.4) is 0 Å². The van der Waals surface area contributed by atoms with Crippen LogP contribution in [0.1, 0.15) is 1.43 Å². The van der Waals surface area contributed by atoms with E-state index in [9.17, 15) is 4.53 Å². The van der Waals surface area contributed by atoms with E-state index in [1.165, 1.54) is 0 Å². The maximum Gasteiger partial charge on any atom is 1.00 e. The number of phosphoric acid groups is 1. The fourth-order valence-electron chi connectivity index (χ4n) is 0. The van der Waals surface area contributed by atoms with Gasteiger partial charge < -0.3 is 11.2 Å². The summed E-state index contributed by atoms with van der Waals surface area (Å²) >= 11 is 0. The Morgan fingerprint density at radius 1 is 1.56 bits per heavy atom. The van der Waals surface area contributed by atoms with Crippen molar-refractivity contribution in [1.29, 1.82) is 0 Å². The van der Waals surface area contributed by atoms with Gasteiger partial charge in [0.1, 0.15) is 0 Å². The van der Waals surface area contributed by atoms with Crippen LogP contribution in [0.4, 0.5) is 4.53 Å². The Balaban J connectivity index is -0.0000000208. The zero-order chi connectivity index (χ0) is 5.21. The Morgan fingerprint density at radius 3 is 1.67 bits per heavy atom. The molecule has 0 unspecified atom stereocenters. The Kier molecular flexibility index (Phi) is 24.3. The van der Waals surface area contributed by atoms with E-state index >= 15 is 0 Å². The molecule has 9 heavy (non-hydrogen) atoms. The van der Waals surface area contributed by atoms with Crippen LogP contribution in [0.15, 0.2) is 0 Å². The Labute approximate surface area is 87.4 Å². The van der Waals surface area contributed by atoms with E-state index in [1.807, 2.05) is 0 Å². The minimum atomic E-state index is -4.81. The van der Waals surface area contributed by atoms with E-state index in [2.05, 4.69) is 4.73 Å². The summed E-state index contributed by atoms with van der Waals surface area (Å²) in [5.74, 6) is 0. The van der Waals surface area contributed by atoms with Crippen molar-refractivity contribution in [3.05, 3.63) is 0 Å². The molecule has 0 fully saturated rings. The molecule has 0 amide bonds. The van der Waals surface area contributed by atoms with Crippen LogP contribution in [0.2, 0.25) is 0 Å². The van der Waals surface area contributed by atoms with Crippen molar-refractivity contribution >= 4 is 25.2 Å². The number of hydrogen-bond acceptors (Lipinski definition) is 2. The summed E-state index contributed by atoms with van der Waals surface area (Å²) in [7, 11) is -4.81. The first kappa shape index (κ1) is 22.4. The molecule has 0 aliphatic carbocycles. The zero-order valence-corrected chi connectivity index (χ0v) is 6.27. The fourth-order valence-corrected chi connectivity index (χ4v) is 0. The molecule has 51 valence electrons. The standard InChI is InChI=1S/Al.FH2O4P.Li.V.4H/c;1-5-6(2,3)4;;;;;;/h;(H2,2,3,4);;;;;;/q;;+1;;;;;-1. The van der Waals surface area contributed by atoms with Gasteiger partial charge in [-0.15, -0.1) is 0 Å². The smallest absolute Gasteiger partial charge is 1.00 e. The van der Waals surface area contributed by atoms with Gasteiger partial charge in [-0.2, -0.15) is 0 Å². The van der Waals surface area contributed by atoms with Crippen LogP contribution in [-0.2, 0) is 27.8 Å². The largest absolute Gasteiger partial charge is 1.00 e. The average molecular weight is 205 g/mol. The third-order valence-electron chi connectivity index (χ3n) is 0.0899. The van der Waals surface area contributed by atoms with E-state index in [-0.39, 0.29) is 56.2 Å². The summed E-state index contributed by atoms with van der Waals surface area (Å²) in [5.41, 5.74) is 0. The van der Waals surface area contributed by atoms with Crippen LogP contribution in [-0.4, -0.2) is 27.1 Å². The Bertz CT molecular complexity index is 89.3. The molecule has 0 spiro atoms. The molecule has 0 saturated heterocycles. The summed E-state index contributed by atoms with van der Waals surface area (Å²) in [6, 6.07) is 0. The van der Waals surface area contributed by atoms with Crippen LogP contribution >= 0.6 is 7.82 Å². The number of halogens is 1. The van der Waals surface area contributed by atoms with Crippen molar-refractivity contribution < 1.29 is 62.4 Å². The normalized spacial score (nSPS) is 7.89. The predicted octanol–water partition coefficient (Wildman–Crippen LogP) is -4.09. The van der Waals surface area contributed by atoms with Gasteiger partial charge in [-0.3, -0.25) is 0 Å². The predicted molar refractivity (Wildman–Crippen MR) is 25.3 cm³/mol. The van der Waals surface area contributed by atoms with Gasteiger partial charge in [-0.25, -0.2) is 4.57 Å². The summed E-state index contributed by atoms with van der Waals surface area (Å²) in [6.07, 6.45) is 0. The van der Waals surface area contributed by atoms with Crippen LogP contribution in [0.25, 0.3) is 0 Å². The molecule has 0 aromatic rings. The molecular formula is H6AlFLiO4PV. The van der Waals surface area contributed by atoms with Crippen molar-refractivity contribution in [3.8, 4) is 0 Å². The molecule has 9 heteroatoms. The Hall–Kier alpha value is 1.75. The van der Waals surface area contributed by atoms with E-state index in [4.69, 9.17) is 14.4 Å². The second-order valence-corrected chi connectivity index (χ2v) is 1.68. The van der Waals surface area contributed by atoms with E-state index in [1.54, 1.807) is 0 Å². The van der Waals surface area contributed by atoms with Crippen LogP contribution < -0.4 is 18.9 Å². The molecular weight excluding hydrogens is 199 g/mol. The summed E-state index contributed by atoms with van der Waals surface area (Å²) < 4.78 is 21.4. The van der Waals surface area contributed by atoms with Gasteiger partial charge in [0.15, 0.2) is 17.4 Å². The van der Waals surface area contributed by atoms with Gasteiger partial charge in [0.25, 0.3) is 0 Å². The molecule has 0 rings (SSSR count). The molecule has 0 aromatic heterocycles. The van der Waals surface area contributed by atoms with Gasteiger partial charge in [0.2, 0.25) is 0 Å². The summed E-state index contributed by atoms with van der Waals surface area (Å²) in [6.45, 7) is 0. The van der Waals surface area contributed by atoms with E-state index in [0.29, 0.717) is 0 Å². The maximum atomic E-state index is 10.2. The van der Waals surface area contributed by atoms with Crippen molar-refractivity contribution in [1.82, 2.24) is 0 Å². The summed E-state index contributed by atoms with van der Waals surface area (Å²) in [5, 5.41) is 0. The summed E-state index contributed by atoms with van der Waals surface area (Å²) in [4.78, 5) is 14.7. The third kappa shape index (κ3) is 25.9. The van der Waals surface area contributed by atoms with Crippen molar-refractivity contribution in [2.75, 3.05) is 0 Å². The molecule has 0 bridgehead atoms. The minimum absolute atomic E-state index is 0. The van der Waals surface area contributed by atoms with Crippen molar-refractivity contribution in [2.24, 2.45) is 0 Å². The topological polar surface area (TPSA) is 66.8 Å². The van der Waals surface area contributed by atoms with Gasteiger partial charge in [-0.1, -0.05) is 4.73 Å². The second-order valence-electron chi connectivity index (χ2n) is 0.560. The molecule has 2 N–H and O–H groups in total. The number of rotatable bonds is 1. The van der Waals surface area contributed by atoms with Gasteiger partial charge in [0, 0.05) is 18.6 Å². The molecule has 0 aliphatic heterocycles. The Morgan fingerprint density at radius 2 is 1.67 bits per heavy atom.